The molecule has 0 aromatic heterocycles. The summed E-state index contributed by atoms with van der Waals surface area (Å²) in [4.78, 5) is 0.438. The first kappa shape index (κ1) is 17.4. The lowest BCUT2D eigenvalue weighted by Gasteiger charge is -2.31. The number of sulfonamides is 1. The molecule has 1 aromatic carbocycles. The summed E-state index contributed by atoms with van der Waals surface area (Å²) in [5.74, 6) is 0. The number of rotatable bonds is 3. The van der Waals surface area contributed by atoms with Gasteiger partial charge in [0.15, 0.2) is 0 Å². The van der Waals surface area contributed by atoms with Gasteiger partial charge < -0.3 is 5.32 Å². The Kier molecular flexibility index (Phi) is 6.01. The molecule has 1 saturated heterocycles. The Morgan fingerprint density at radius 2 is 1.80 bits per heavy atom. The lowest BCUT2D eigenvalue weighted by atomic mass is 10.1. The normalized spacial score (nSPS) is 17.0. The van der Waals surface area contributed by atoms with Gasteiger partial charge in [-0.05, 0) is 57.0 Å². The molecule has 1 aliphatic rings. The summed E-state index contributed by atoms with van der Waals surface area (Å²) >= 11 is 0. The number of halogens is 1. The first-order valence-electron chi connectivity index (χ1n) is 6.69. The third-order valence-electron chi connectivity index (χ3n) is 3.82. The Labute approximate surface area is 128 Å². The van der Waals surface area contributed by atoms with Gasteiger partial charge in [0.1, 0.15) is 0 Å². The second-order valence-corrected chi connectivity index (χ2v) is 7.24. The average molecular weight is 319 g/mol. The van der Waals surface area contributed by atoms with Crippen LogP contribution in [0.1, 0.15) is 24.0 Å². The van der Waals surface area contributed by atoms with Crippen molar-refractivity contribution in [1.29, 1.82) is 0 Å². The summed E-state index contributed by atoms with van der Waals surface area (Å²) < 4.78 is 27.0. The molecule has 0 saturated carbocycles. The van der Waals surface area contributed by atoms with Gasteiger partial charge in [0, 0.05) is 13.1 Å². The second kappa shape index (κ2) is 6.89. The van der Waals surface area contributed by atoms with E-state index in [9.17, 15) is 8.42 Å². The zero-order chi connectivity index (χ0) is 14.0. The summed E-state index contributed by atoms with van der Waals surface area (Å²) in [5.41, 5.74) is 1.79. The van der Waals surface area contributed by atoms with Crippen molar-refractivity contribution in [3.05, 3.63) is 29.3 Å². The van der Waals surface area contributed by atoms with Crippen LogP contribution in [-0.4, -0.2) is 38.9 Å². The SMILES string of the molecule is Cc1ccc(C)c(S(=O)(=O)N(C)C2CCNCC2)c1.Cl. The molecule has 2 rings (SSSR count). The van der Waals surface area contributed by atoms with E-state index in [4.69, 9.17) is 0 Å². The summed E-state index contributed by atoms with van der Waals surface area (Å²) in [5, 5.41) is 3.26. The first-order chi connectivity index (χ1) is 8.93. The van der Waals surface area contributed by atoms with Crippen LogP contribution in [-0.2, 0) is 10.0 Å². The third kappa shape index (κ3) is 3.52. The fraction of sp³-hybridized carbons (Fsp3) is 0.571. The van der Waals surface area contributed by atoms with Crippen molar-refractivity contribution in [2.75, 3.05) is 20.1 Å². The monoisotopic (exact) mass is 318 g/mol. The van der Waals surface area contributed by atoms with Crippen LogP contribution in [0.2, 0.25) is 0 Å². The Hall–Kier alpha value is -0.620. The van der Waals surface area contributed by atoms with E-state index < -0.39 is 10.0 Å². The number of piperidine rings is 1. The van der Waals surface area contributed by atoms with Gasteiger partial charge in [-0.15, -0.1) is 12.4 Å². The van der Waals surface area contributed by atoms with E-state index >= 15 is 0 Å². The fourth-order valence-corrected chi connectivity index (χ4v) is 4.23. The Balaban J connectivity index is 0.00000200. The molecule has 0 bridgehead atoms. The maximum atomic E-state index is 12.7. The van der Waals surface area contributed by atoms with Crippen LogP contribution in [0, 0.1) is 13.8 Å². The quantitative estimate of drug-likeness (QED) is 0.928. The summed E-state index contributed by atoms with van der Waals surface area (Å²) in [6, 6.07) is 5.69. The number of aryl methyl sites for hydroxylation is 2. The molecular weight excluding hydrogens is 296 g/mol. The lowest BCUT2D eigenvalue weighted by molar-refractivity contribution is 0.296. The van der Waals surface area contributed by atoms with Crippen molar-refractivity contribution >= 4 is 22.4 Å². The van der Waals surface area contributed by atoms with Gasteiger partial charge in [-0.3, -0.25) is 0 Å². The van der Waals surface area contributed by atoms with Crippen LogP contribution >= 0.6 is 12.4 Å². The minimum Gasteiger partial charge on any atom is -0.317 e. The number of benzene rings is 1. The largest absolute Gasteiger partial charge is 0.317 e. The van der Waals surface area contributed by atoms with E-state index in [0.29, 0.717) is 4.90 Å². The Bertz CT molecular complexity index is 554. The molecular formula is C14H23ClN2O2S. The van der Waals surface area contributed by atoms with Crippen molar-refractivity contribution in [2.45, 2.75) is 37.6 Å². The molecule has 1 N–H and O–H groups in total. The molecule has 0 unspecified atom stereocenters. The standard InChI is InChI=1S/C14H22N2O2S.ClH/c1-11-4-5-12(2)14(10-11)19(17,18)16(3)13-6-8-15-9-7-13;/h4-5,10,13,15H,6-9H2,1-3H3;1H. The van der Waals surface area contributed by atoms with E-state index in [-0.39, 0.29) is 18.4 Å². The summed E-state index contributed by atoms with van der Waals surface area (Å²) in [6.45, 7) is 5.54. The van der Waals surface area contributed by atoms with Crippen LogP contribution in [0.5, 0.6) is 0 Å². The number of nitrogens with one attached hydrogen (secondary N) is 1. The lowest BCUT2D eigenvalue weighted by Crippen LogP contribution is -2.44. The molecule has 1 aliphatic heterocycles. The molecule has 4 nitrogen and oxygen atoms in total. The van der Waals surface area contributed by atoms with Gasteiger partial charge in [-0.2, -0.15) is 4.31 Å². The molecule has 0 spiro atoms. The highest BCUT2D eigenvalue weighted by molar-refractivity contribution is 7.89. The van der Waals surface area contributed by atoms with Crippen LogP contribution in [0.4, 0.5) is 0 Å². The number of nitrogens with zero attached hydrogens (tertiary/aromatic N) is 1. The van der Waals surface area contributed by atoms with Gasteiger partial charge in [0.05, 0.1) is 4.90 Å². The average Bonchev–Trinajstić information content (AvgIpc) is 2.41. The highest BCUT2D eigenvalue weighted by atomic mass is 35.5. The van der Waals surface area contributed by atoms with Gasteiger partial charge >= 0.3 is 0 Å². The molecule has 0 radical (unpaired) electrons. The zero-order valence-electron chi connectivity index (χ0n) is 12.2. The predicted octanol–water partition coefficient (Wildman–Crippen LogP) is 2.10. The highest BCUT2D eigenvalue weighted by Crippen LogP contribution is 2.24. The Morgan fingerprint density at radius 1 is 1.20 bits per heavy atom. The summed E-state index contributed by atoms with van der Waals surface area (Å²) in [7, 11) is -1.68. The van der Waals surface area contributed by atoms with E-state index in [1.54, 1.807) is 17.4 Å². The van der Waals surface area contributed by atoms with E-state index in [0.717, 1.165) is 37.1 Å². The molecule has 1 aromatic rings. The second-order valence-electron chi connectivity index (χ2n) is 5.27. The predicted molar refractivity (Wildman–Crippen MR) is 84.0 cm³/mol. The van der Waals surface area contributed by atoms with E-state index in [1.807, 2.05) is 26.0 Å². The maximum absolute atomic E-state index is 12.7. The van der Waals surface area contributed by atoms with Crippen molar-refractivity contribution in [1.82, 2.24) is 9.62 Å². The van der Waals surface area contributed by atoms with Crippen LogP contribution < -0.4 is 5.32 Å². The van der Waals surface area contributed by atoms with Crippen LogP contribution in [0.15, 0.2) is 23.1 Å². The number of hydrogen-bond acceptors (Lipinski definition) is 3. The van der Waals surface area contributed by atoms with Crippen LogP contribution in [0.3, 0.4) is 0 Å². The molecule has 20 heavy (non-hydrogen) atoms. The van der Waals surface area contributed by atoms with Gasteiger partial charge in [-0.1, -0.05) is 12.1 Å². The van der Waals surface area contributed by atoms with Crippen molar-refractivity contribution in [2.24, 2.45) is 0 Å². The molecule has 1 fully saturated rings. The summed E-state index contributed by atoms with van der Waals surface area (Å²) in [6.07, 6.45) is 1.75. The molecule has 1 heterocycles. The smallest absolute Gasteiger partial charge is 0.243 e. The van der Waals surface area contributed by atoms with E-state index in [1.165, 1.54) is 0 Å². The van der Waals surface area contributed by atoms with Crippen LogP contribution in [0.25, 0.3) is 0 Å². The van der Waals surface area contributed by atoms with Gasteiger partial charge in [0.2, 0.25) is 10.0 Å². The highest BCUT2D eigenvalue weighted by Gasteiger charge is 2.29. The third-order valence-corrected chi connectivity index (χ3v) is 5.88. The molecule has 0 atom stereocenters. The molecule has 0 amide bonds. The molecule has 0 aliphatic carbocycles. The van der Waals surface area contributed by atoms with Crippen molar-refractivity contribution in [3.63, 3.8) is 0 Å². The zero-order valence-corrected chi connectivity index (χ0v) is 13.9. The number of hydrogen-bond donors (Lipinski definition) is 1. The van der Waals surface area contributed by atoms with Crippen molar-refractivity contribution in [3.8, 4) is 0 Å². The van der Waals surface area contributed by atoms with Crippen molar-refractivity contribution < 1.29 is 8.42 Å². The minimum atomic E-state index is -3.39. The van der Waals surface area contributed by atoms with Gasteiger partial charge in [0.25, 0.3) is 0 Å². The fourth-order valence-electron chi connectivity index (χ4n) is 2.51. The van der Waals surface area contributed by atoms with E-state index in [2.05, 4.69) is 5.32 Å². The molecule has 6 heteroatoms. The minimum absolute atomic E-state index is 0. The maximum Gasteiger partial charge on any atom is 0.243 e. The molecule has 114 valence electrons. The Morgan fingerprint density at radius 3 is 2.40 bits per heavy atom. The van der Waals surface area contributed by atoms with Gasteiger partial charge in [-0.25, -0.2) is 8.42 Å². The topological polar surface area (TPSA) is 49.4 Å². The first-order valence-corrected chi connectivity index (χ1v) is 8.13.